The van der Waals surface area contributed by atoms with Crippen LogP contribution >= 0.6 is 22.6 Å². The van der Waals surface area contributed by atoms with Crippen LogP contribution in [0.25, 0.3) is 0 Å². The van der Waals surface area contributed by atoms with Crippen LogP contribution in [-0.2, 0) is 0 Å². The van der Waals surface area contributed by atoms with Crippen molar-refractivity contribution >= 4 is 34.0 Å². The molecule has 6 heteroatoms. The molecule has 0 spiro atoms. The van der Waals surface area contributed by atoms with E-state index in [1.807, 2.05) is 0 Å². The maximum absolute atomic E-state index is 10.6. The van der Waals surface area contributed by atoms with Crippen LogP contribution in [0.1, 0.15) is 19.3 Å². The molecule has 1 aromatic carbocycles. The Morgan fingerprint density at radius 1 is 1.39 bits per heavy atom. The molecule has 0 amide bonds. The number of anilines is 1. The SMILES string of the molecule is O=[N+]([O-])c1ccc(NCCCNC2CC2)c(I)c1. The first-order chi connectivity index (χ1) is 8.66. The lowest BCUT2D eigenvalue weighted by molar-refractivity contribution is -0.384. The summed E-state index contributed by atoms with van der Waals surface area (Å²) in [5.41, 5.74) is 1.10. The average molecular weight is 361 g/mol. The second kappa shape index (κ2) is 6.33. The van der Waals surface area contributed by atoms with Crippen molar-refractivity contribution in [2.24, 2.45) is 0 Å². The van der Waals surface area contributed by atoms with E-state index in [1.165, 1.54) is 18.9 Å². The largest absolute Gasteiger partial charge is 0.384 e. The maximum atomic E-state index is 10.6. The molecule has 2 rings (SSSR count). The van der Waals surface area contributed by atoms with Gasteiger partial charge in [-0.05, 0) is 54.5 Å². The van der Waals surface area contributed by atoms with Crippen molar-refractivity contribution in [2.45, 2.75) is 25.3 Å². The van der Waals surface area contributed by atoms with Gasteiger partial charge in [-0.1, -0.05) is 0 Å². The van der Waals surface area contributed by atoms with Gasteiger partial charge in [0.1, 0.15) is 0 Å². The lowest BCUT2D eigenvalue weighted by atomic mass is 10.3. The summed E-state index contributed by atoms with van der Waals surface area (Å²) in [7, 11) is 0. The van der Waals surface area contributed by atoms with Crippen LogP contribution in [0, 0.1) is 13.7 Å². The van der Waals surface area contributed by atoms with E-state index in [0.717, 1.165) is 34.8 Å². The smallest absolute Gasteiger partial charge is 0.270 e. The maximum Gasteiger partial charge on any atom is 0.270 e. The molecule has 1 aliphatic rings. The number of nitrogens with zero attached hydrogens (tertiary/aromatic N) is 1. The predicted octanol–water partition coefficient (Wildman–Crippen LogP) is 2.75. The number of halogens is 1. The minimum Gasteiger partial charge on any atom is -0.384 e. The van der Waals surface area contributed by atoms with E-state index < -0.39 is 0 Å². The van der Waals surface area contributed by atoms with Gasteiger partial charge < -0.3 is 10.6 Å². The molecule has 1 fully saturated rings. The van der Waals surface area contributed by atoms with Crippen molar-refractivity contribution in [2.75, 3.05) is 18.4 Å². The minimum absolute atomic E-state index is 0.139. The number of benzene rings is 1. The third kappa shape index (κ3) is 4.09. The first-order valence-corrected chi connectivity index (χ1v) is 7.16. The molecule has 0 aliphatic heterocycles. The average Bonchev–Trinajstić information content (AvgIpc) is 3.14. The van der Waals surface area contributed by atoms with E-state index in [4.69, 9.17) is 0 Å². The Labute approximate surface area is 120 Å². The highest BCUT2D eigenvalue weighted by molar-refractivity contribution is 14.1. The summed E-state index contributed by atoms with van der Waals surface area (Å²) >= 11 is 2.12. The fourth-order valence-electron chi connectivity index (χ4n) is 1.67. The standard InChI is InChI=1S/C12H16IN3O2/c13-11-8-10(16(17)18)4-5-12(11)15-7-1-6-14-9-2-3-9/h4-5,8-9,14-15H,1-3,6-7H2. The summed E-state index contributed by atoms with van der Waals surface area (Å²) in [5.74, 6) is 0. The quantitative estimate of drug-likeness (QED) is 0.339. The lowest BCUT2D eigenvalue weighted by Gasteiger charge is -2.08. The first kappa shape index (κ1) is 13.5. The van der Waals surface area contributed by atoms with E-state index in [0.29, 0.717) is 0 Å². The fourth-order valence-corrected chi connectivity index (χ4v) is 2.36. The van der Waals surface area contributed by atoms with E-state index >= 15 is 0 Å². The first-order valence-electron chi connectivity index (χ1n) is 6.08. The number of hydrogen-bond donors (Lipinski definition) is 2. The van der Waals surface area contributed by atoms with Crippen molar-refractivity contribution in [1.82, 2.24) is 5.32 Å². The summed E-state index contributed by atoms with van der Waals surface area (Å²) in [4.78, 5) is 10.2. The number of non-ortho nitro benzene ring substituents is 1. The van der Waals surface area contributed by atoms with Crippen LogP contribution in [0.3, 0.4) is 0 Å². The molecule has 18 heavy (non-hydrogen) atoms. The van der Waals surface area contributed by atoms with E-state index in [9.17, 15) is 10.1 Å². The molecule has 98 valence electrons. The second-order valence-electron chi connectivity index (χ2n) is 4.43. The van der Waals surface area contributed by atoms with Gasteiger partial charge in [0.05, 0.1) is 4.92 Å². The topological polar surface area (TPSA) is 67.2 Å². The molecule has 0 bridgehead atoms. The van der Waals surface area contributed by atoms with Gasteiger partial charge in [-0.3, -0.25) is 10.1 Å². The molecule has 0 atom stereocenters. The monoisotopic (exact) mass is 361 g/mol. The van der Waals surface area contributed by atoms with Crippen molar-refractivity contribution in [3.8, 4) is 0 Å². The Kier molecular flexibility index (Phi) is 4.76. The van der Waals surface area contributed by atoms with Gasteiger partial charge in [-0.25, -0.2) is 0 Å². The van der Waals surface area contributed by atoms with Gasteiger partial charge in [0.25, 0.3) is 5.69 Å². The van der Waals surface area contributed by atoms with Crippen LogP contribution < -0.4 is 10.6 Å². The lowest BCUT2D eigenvalue weighted by Crippen LogP contribution is -2.20. The molecule has 0 saturated heterocycles. The molecule has 1 aromatic rings. The van der Waals surface area contributed by atoms with Gasteiger partial charge in [0.15, 0.2) is 0 Å². The fraction of sp³-hybridized carbons (Fsp3) is 0.500. The number of hydrogen-bond acceptors (Lipinski definition) is 4. The van der Waals surface area contributed by atoms with Crippen molar-refractivity contribution in [3.05, 3.63) is 31.9 Å². The zero-order valence-corrected chi connectivity index (χ0v) is 12.1. The van der Waals surface area contributed by atoms with E-state index in [1.54, 1.807) is 12.1 Å². The third-order valence-electron chi connectivity index (χ3n) is 2.84. The summed E-state index contributed by atoms with van der Waals surface area (Å²) < 4.78 is 0.886. The normalized spacial score (nSPS) is 14.5. The number of nitro benzene ring substituents is 1. The zero-order chi connectivity index (χ0) is 13.0. The molecule has 0 aromatic heterocycles. The van der Waals surface area contributed by atoms with Crippen LogP contribution in [-0.4, -0.2) is 24.1 Å². The Morgan fingerprint density at radius 3 is 2.78 bits per heavy atom. The predicted molar refractivity (Wildman–Crippen MR) is 79.9 cm³/mol. The van der Waals surface area contributed by atoms with Crippen LogP contribution in [0.4, 0.5) is 11.4 Å². The van der Waals surface area contributed by atoms with Crippen LogP contribution in [0.5, 0.6) is 0 Å². The minimum atomic E-state index is -0.370. The molecule has 0 radical (unpaired) electrons. The van der Waals surface area contributed by atoms with Gasteiger partial charge >= 0.3 is 0 Å². The molecule has 2 N–H and O–H groups in total. The third-order valence-corrected chi connectivity index (χ3v) is 3.74. The molecule has 0 unspecified atom stereocenters. The van der Waals surface area contributed by atoms with Crippen molar-refractivity contribution in [3.63, 3.8) is 0 Å². The summed E-state index contributed by atoms with van der Waals surface area (Å²) in [6.45, 7) is 1.91. The Morgan fingerprint density at radius 2 is 2.17 bits per heavy atom. The van der Waals surface area contributed by atoms with Gasteiger partial charge in [-0.2, -0.15) is 0 Å². The highest BCUT2D eigenvalue weighted by Crippen LogP contribution is 2.23. The van der Waals surface area contributed by atoms with Gasteiger partial charge in [0, 0.05) is 34.0 Å². The summed E-state index contributed by atoms with van der Waals surface area (Å²) in [6.07, 6.45) is 3.69. The highest BCUT2D eigenvalue weighted by Gasteiger charge is 2.19. The van der Waals surface area contributed by atoms with Crippen LogP contribution in [0.2, 0.25) is 0 Å². The van der Waals surface area contributed by atoms with Gasteiger partial charge in [0.2, 0.25) is 0 Å². The Hall–Kier alpha value is -0.890. The summed E-state index contributed by atoms with van der Waals surface area (Å²) in [5, 5.41) is 17.4. The molecule has 1 aliphatic carbocycles. The van der Waals surface area contributed by atoms with Crippen molar-refractivity contribution in [1.29, 1.82) is 0 Å². The molecular weight excluding hydrogens is 345 g/mol. The van der Waals surface area contributed by atoms with E-state index in [-0.39, 0.29) is 10.6 Å². The highest BCUT2D eigenvalue weighted by atomic mass is 127. The molecule has 5 nitrogen and oxygen atoms in total. The van der Waals surface area contributed by atoms with E-state index in [2.05, 4.69) is 33.2 Å². The summed E-state index contributed by atoms with van der Waals surface area (Å²) in [6, 6.07) is 5.65. The zero-order valence-electron chi connectivity index (χ0n) is 9.99. The number of nitro groups is 1. The molecule has 1 saturated carbocycles. The molecule has 0 heterocycles. The van der Waals surface area contributed by atoms with Gasteiger partial charge in [-0.15, -0.1) is 0 Å². The number of rotatable bonds is 7. The Balaban J connectivity index is 1.75. The molecular formula is C12H16IN3O2. The number of nitrogens with one attached hydrogen (secondary N) is 2. The second-order valence-corrected chi connectivity index (χ2v) is 5.59. The van der Waals surface area contributed by atoms with Crippen molar-refractivity contribution < 1.29 is 4.92 Å². The Bertz CT molecular complexity index is 435. The van der Waals surface area contributed by atoms with Crippen LogP contribution in [0.15, 0.2) is 18.2 Å².